The first-order valence-corrected chi connectivity index (χ1v) is 5.96. The van der Waals surface area contributed by atoms with Crippen molar-refractivity contribution in [3.05, 3.63) is 17.4 Å². The van der Waals surface area contributed by atoms with E-state index in [1.54, 1.807) is 6.07 Å². The maximum Gasteiger partial charge on any atom is 0.304 e. The van der Waals surface area contributed by atoms with Crippen molar-refractivity contribution < 1.29 is 28.5 Å². The molecular weight excluding hydrogens is 255 g/mol. The fourth-order valence-corrected chi connectivity index (χ4v) is 2.56. The smallest absolute Gasteiger partial charge is 0.304 e. The number of hydrogen-bond donors (Lipinski definition) is 1. The van der Waals surface area contributed by atoms with Crippen LogP contribution in [0.4, 0.5) is 4.39 Å². The SMILES string of the molecule is COc1c(C2(CC(=O)O)CC2)cc2c(c1F)OCO2. The Bertz CT molecular complexity index is 550. The molecule has 1 aliphatic carbocycles. The summed E-state index contributed by atoms with van der Waals surface area (Å²) in [4.78, 5) is 11.0. The van der Waals surface area contributed by atoms with Crippen molar-refractivity contribution in [1.29, 1.82) is 0 Å². The average molecular weight is 268 g/mol. The first-order chi connectivity index (χ1) is 9.07. The summed E-state index contributed by atoms with van der Waals surface area (Å²) in [5.74, 6) is -1.12. The van der Waals surface area contributed by atoms with Crippen LogP contribution >= 0.6 is 0 Å². The quantitative estimate of drug-likeness (QED) is 0.905. The number of hydrogen-bond acceptors (Lipinski definition) is 4. The third kappa shape index (κ3) is 1.78. The van der Waals surface area contributed by atoms with Crippen molar-refractivity contribution in [1.82, 2.24) is 0 Å². The maximum absolute atomic E-state index is 14.3. The molecule has 1 aromatic rings. The molecular formula is C13H13FO5. The largest absolute Gasteiger partial charge is 0.493 e. The van der Waals surface area contributed by atoms with E-state index in [0.717, 1.165) is 0 Å². The topological polar surface area (TPSA) is 65.0 Å². The van der Waals surface area contributed by atoms with Gasteiger partial charge in [-0.05, 0) is 18.9 Å². The third-order valence-corrected chi connectivity index (χ3v) is 3.68. The number of carboxylic acid groups (broad SMARTS) is 1. The highest BCUT2D eigenvalue weighted by molar-refractivity contribution is 5.71. The highest BCUT2D eigenvalue weighted by Gasteiger charge is 2.49. The Morgan fingerprint density at radius 3 is 2.84 bits per heavy atom. The summed E-state index contributed by atoms with van der Waals surface area (Å²) < 4.78 is 29.6. The summed E-state index contributed by atoms with van der Waals surface area (Å²) in [6.45, 7) is -0.0369. The molecule has 6 heteroatoms. The molecule has 0 atom stereocenters. The third-order valence-electron chi connectivity index (χ3n) is 3.68. The first-order valence-electron chi connectivity index (χ1n) is 5.96. The van der Waals surface area contributed by atoms with Gasteiger partial charge in [-0.1, -0.05) is 0 Å². The molecule has 1 N–H and O–H groups in total. The molecule has 1 fully saturated rings. The average Bonchev–Trinajstić information content (AvgIpc) is 2.96. The van der Waals surface area contributed by atoms with Gasteiger partial charge in [0.05, 0.1) is 13.5 Å². The minimum absolute atomic E-state index is 0.0340. The molecule has 102 valence electrons. The van der Waals surface area contributed by atoms with Gasteiger partial charge in [-0.3, -0.25) is 4.79 Å². The number of halogens is 1. The number of aliphatic carboxylic acids is 1. The zero-order valence-electron chi connectivity index (χ0n) is 10.4. The van der Waals surface area contributed by atoms with Crippen LogP contribution in [-0.2, 0) is 10.2 Å². The van der Waals surface area contributed by atoms with Gasteiger partial charge in [0, 0.05) is 11.0 Å². The summed E-state index contributed by atoms with van der Waals surface area (Å²) in [5.41, 5.74) is 0.0121. The standard InChI is InChI=1S/C13H13FO5/c1-17-11-7(13(2-3-13)5-9(15)16)4-8-12(10(11)14)19-6-18-8/h4H,2-3,5-6H2,1H3,(H,15,16). The number of ether oxygens (including phenoxy) is 3. The molecule has 0 unspecified atom stereocenters. The van der Waals surface area contributed by atoms with Crippen LogP contribution in [0.2, 0.25) is 0 Å². The van der Waals surface area contributed by atoms with Gasteiger partial charge in [0.1, 0.15) is 0 Å². The van der Waals surface area contributed by atoms with Crippen molar-refractivity contribution in [2.24, 2.45) is 0 Å². The molecule has 0 radical (unpaired) electrons. The van der Waals surface area contributed by atoms with Crippen molar-refractivity contribution >= 4 is 5.97 Å². The van der Waals surface area contributed by atoms with Gasteiger partial charge in [-0.15, -0.1) is 0 Å². The monoisotopic (exact) mass is 268 g/mol. The van der Waals surface area contributed by atoms with E-state index < -0.39 is 17.2 Å². The number of methoxy groups -OCH3 is 1. The zero-order chi connectivity index (χ0) is 13.6. The second-order valence-corrected chi connectivity index (χ2v) is 4.86. The summed E-state index contributed by atoms with van der Waals surface area (Å²) in [5, 5.41) is 8.99. The van der Waals surface area contributed by atoms with E-state index in [2.05, 4.69) is 0 Å². The van der Waals surface area contributed by atoms with Crippen LogP contribution in [0.3, 0.4) is 0 Å². The minimum Gasteiger partial charge on any atom is -0.493 e. The second-order valence-electron chi connectivity index (χ2n) is 4.86. The van der Waals surface area contributed by atoms with Crippen molar-refractivity contribution in [3.8, 4) is 17.2 Å². The van der Waals surface area contributed by atoms with Gasteiger partial charge < -0.3 is 19.3 Å². The summed E-state index contributed by atoms with van der Waals surface area (Å²) in [6, 6.07) is 1.64. The molecule has 5 nitrogen and oxygen atoms in total. The number of fused-ring (bicyclic) bond motifs is 1. The van der Waals surface area contributed by atoms with E-state index in [1.165, 1.54) is 7.11 Å². The van der Waals surface area contributed by atoms with Crippen LogP contribution in [0.5, 0.6) is 17.2 Å². The first kappa shape index (κ1) is 12.1. The van der Waals surface area contributed by atoms with Gasteiger partial charge in [0.15, 0.2) is 11.5 Å². The molecule has 0 aromatic heterocycles. The van der Waals surface area contributed by atoms with E-state index in [-0.39, 0.29) is 24.7 Å². The molecule has 19 heavy (non-hydrogen) atoms. The van der Waals surface area contributed by atoms with Crippen LogP contribution in [-0.4, -0.2) is 25.0 Å². The molecule has 0 saturated heterocycles. The molecule has 0 spiro atoms. The van der Waals surface area contributed by atoms with Gasteiger partial charge in [-0.2, -0.15) is 4.39 Å². The summed E-state index contributed by atoms with van der Waals surface area (Å²) in [7, 11) is 1.36. The van der Waals surface area contributed by atoms with E-state index >= 15 is 0 Å². The minimum atomic E-state index is -0.905. The predicted octanol–water partition coefficient (Wildman–Crippen LogP) is 2.07. The van der Waals surface area contributed by atoms with E-state index in [1.807, 2.05) is 0 Å². The number of rotatable bonds is 4. The number of benzene rings is 1. The Balaban J connectivity index is 2.11. The fourth-order valence-electron chi connectivity index (χ4n) is 2.56. The van der Waals surface area contributed by atoms with E-state index in [9.17, 15) is 9.18 Å². The lowest BCUT2D eigenvalue weighted by Gasteiger charge is -2.18. The maximum atomic E-state index is 14.3. The summed E-state index contributed by atoms with van der Waals surface area (Å²) in [6.07, 6.45) is 1.37. The Labute approximate surface area is 108 Å². The van der Waals surface area contributed by atoms with Gasteiger partial charge >= 0.3 is 5.97 Å². The predicted molar refractivity (Wildman–Crippen MR) is 62.2 cm³/mol. The number of carbonyl (C=O) groups is 1. The highest BCUT2D eigenvalue weighted by Crippen LogP contribution is 2.57. The lowest BCUT2D eigenvalue weighted by molar-refractivity contribution is -0.137. The van der Waals surface area contributed by atoms with E-state index in [0.29, 0.717) is 24.2 Å². The Hall–Kier alpha value is -1.98. The second kappa shape index (κ2) is 4.01. The fraction of sp³-hybridized carbons (Fsp3) is 0.462. The number of carboxylic acids is 1. The molecule has 0 amide bonds. The van der Waals surface area contributed by atoms with Crippen LogP contribution < -0.4 is 14.2 Å². The van der Waals surface area contributed by atoms with Crippen molar-refractivity contribution in [2.45, 2.75) is 24.7 Å². The molecule has 1 saturated carbocycles. The van der Waals surface area contributed by atoms with E-state index in [4.69, 9.17) is 19.3 Å². The molecule has 1 aliphatic heterocycles. The molecule has 2 aliphatic rings. The van der Waals surface area contributed by atoms with Crippen LogP contribution in [0.25, 0.3) is 0 Å². The Kier molecular flexibility index (Phi) is 2.55. The van der Waals surface area contributed by atoms with Gasteiger partial charge in [0.25, 0.3) is 0 Å². The van der Waals surface area contributed by atoms with Crippen molar-refractivity contribution in [2.75, 3.05) is 13.9 Å². The van der Waals surface area contributed by atoms with Gasteiger partial charge in [-0.25, -0.2) is 0 Å². The summed E-state index contributed by atoms with van der Waals surface area (Å²) >= 11 is 0. The van der Waals surface area contributed by atoms with Crippen LogP contribution in [0, 0.1) is 5.82 Å². The Morgan fingerprint density at radius 1 is 1.53 bits per heavy atom. The highest BCUT2D eigenvalue weighted by atomic mass is 19.1. The Morgan fingerprint density at radius 2 is 2.26 bits per heavy atom. The van der Waals surface area contributed by atoms with Crippen molar-refractivity contribution in [3.63, 3.8) is 0 Å². The van der Waals surface area contributed by atoms with Crippen LogP contribution in [0.15, 0.2) is 6.07 Å². The lowest BCUT2D eigenvalue weighted by atomic mass is 9.91. The van der Waals surface area contributed by atoms with Crippen LogP contribution in [0.1, 0.15) is 24.8 Å². The normalized spacial score (nSPS) is 18.2. The molecule has 3 rings (SSSR count). The molecule has 1 heterocycles. The molecule has 1 aromatic carbocycles. The lowest BCUT2D eigenvalue weighted by Crippen LogP contribution is -2.15. The van der Waals surface area contributed by atoms with Gasteiger partial charge in [0.2, 0.25) is 18.4 Å². The zero-order valence-corrected chi connectivity index (χ0v) is 10.4. The molecule has 0 bridgehead atoms.